The number of rotatable bonds is 7. The number of hydrogen-bond donors (Lipinski definition) is 1. The van der Waals surface area contributed by atoms with Gasteiger partial charge in [0.2, 0.25) is 0 Å². The van der Waals surface area contributed by atoms with Crippen LogP contribution in [0.25, 0.3) is 22.3 Å². The Morgan fingerprint density at radius 1 is 1.09 bits per heavy atom. The molecule has 0 radical (unpaired) electrons. The molecule has 0 aliphatic heterocycles. The molecule has 4 rings (SSSR count). The Balaban J connectivity index is 1.86. The summed E-state index contributed by atoms with van der Waals surface area (Å²) >= 11 is 0. The fourth-order valence-corrected chi connectivity index (χ4v) is 3.38. The molecule has 0 saturated heterocycles. The van der Waals surface area contributed by atoms with Crippen molar-refractivity contribution in [2.75, 3.05) is 19.0 Å². The van der Waals surface area contributed by atoms with Crippen LogP contribution in [0.5, 0.6) is 5.75 Å². The summed E-state index contributed by atoms with van der Waals surface area (Å²) in [5, 5.41) is 14.2. The van der Waals surface area contributed by atoms with Crippen molar-refractivity contribution in [1.82, 2.24) is 9.66 Å². The van der Waals surface area contributed by atoms with Crippen LogP contribution in [0.3, 0.4) is 0 Å². The lowest BCUT2D eigenvalue weighted by molar-refractivity contribution is -0.144. The Kier molecular flexibility index (Phi) is 6.40. The first-order chi connectivity index (χ1) is 16.3. The van der Waals surface area contributed by atoms with Crippen LogP contribution in [0.15, 0.2) is 82.7 Å². The van der Waals surface area contributed by atoms with E-state index in [2.05, 4.69) is 10.1 Å². The van der Waals surface area contributed by atoms with Crippen LogP contribution < -0.4 is 15.2 Å². The summed E-state index contributed by atoms with van der Waals surface area (Å²) in [5.74, 6) is -0.348. The second-order valence-electron chi connectivity index (χ2n) is 7.89. The normalized spacial score (nSPS) is 12.1. The highest BCUT2D eigenvalue weighted by atomic mass is 16.5. The molecule has 0 amide bonds. The number of carboxylic acids is 1. The van der Waals surface area contributed by atoms with Crippen LogP contribution in [0.1, 0.15) is 12.5 Å². The number of carbonyl (C=O) groups is 1. The van der Waals surface area contributed by atoms with Gasteiger partial charge in [0.25, 0.3) is 5.56 Å². The van der Waals surface area contributed by atoms with Gasteiger partial charge in [0.15, 0.2) is 11.9 Å². The van der Waals surface area contributed by atoms with Gasteiger partial charge >= 0.3 is 5.97 Å². The average molecular weight is 457 g/mol. The van der Waals surface area contributed by atoms with Crippen LogP contribution in [0.4, 0.5) is 5.69 Å². The van der Waals surface area contributed by atoms with Gasteiger partial charge in [-0.1, -0.05) is 42.5 Å². The molecule has 0 aliphatic carbocycles. The molecule has 1 heterocycles. The van der Waals surface area contributed by atoms with Crippen molar-refractivity contribution in [1.29, 1.82) is 0 Å². The first kappa shape index (κ1) is 22.7. The number of fused-ring (bicyclic) bond motifs is 1. The predicted octanol–water partition coefficient (Wildman–Crippen LogP) is 3.86. The molecule has 34 heavy (non-hydrogen) atoms. The van der Waals surface area contributed by atoms with Gasteiger partial charge in [0.05, 0.1) is 17.1 Å². The molecule has 0 unspecified atom stereocenters. The molecule has 4 aromatic rings. The first-order valence-electron chi connectivity index (χ1n) is 10.7. The number of aliphatic carboxylic acids is 1. The molecule has 1 N–H and O–H groups in total. The van der Waals surface area contributed by atoms with Crippen molar-refractivity contribution >= 4 is 28.8 Å². The summed E-state index contributed by atoms with van der Waals surface area (Å²) in [4.78, 5) is 31.3. The standard InChI is InChI=1S/C26H24N4O4/c1-17(26(32)33)34-23-15-20(29(2)3)14-13-19(23)16-27-30-24(18-9-5-4-6-10-18)28-22-12-8-7-11-21(22)25(30)31/h4-17H,1-3H3,(H,32,33)/t17-/m0/s1. The van der Waals surface area contributed by atoms with E-state index in [0.29, 0.717) is 28.0 Å². The number of ether oxygens (including phenoxy) is 1. The van der Waals surface area contributed by atoms with E-state index in [1.807, 2.05) is 61.5 Å². The van der Waals surface area contributed by atoms with Gasteiger partial charge in [-0.25, -0.2) is 9.78 Å². The highest BCUT2D eigenvalue weighted by Crippen LogP contribution is 2.25. The zero-order valence-electron chi connectivity index (χ0n) is 19.0. The SMILES string of the molecule is C[C@H](Oc1cc(N(C)C)ccc1C=Nn1c(-c2ccccc2)nc2ccccc2c1=O)C(=O)O. The summed E-state index contributed by atoms with van der Waals surface area (Å²) < 4.78 is 6.93. The van der Waals surface area contributed by atoms with Gasteiger partial charge < -0.3 is 14.7 Å². The molecule has 1 aromatic heterocycles. The van der Waals surface area contributed by atoms with Gasteiger partial charge in [0.1, 0.15) is 5.75 Å². The monoisotopic (exact) mass is 456 g/mol. The second kappa shape index (κ2) is 9.58. The van der Waals surface area contributed by atoms with Crippen molar-refractivity contribution in [3.05, 3.63) is 88.7 Å². The maximum absolute atomic E-state index is 13.3. The van der Waals surface area contributed by atoms with Crippen LogP contribution in [0, 0.1) is 0 Å². The quantitative estimate of drug-likeness (QED) is 0.424. The molecular formula is C26H24N4O4. The highest BCUT2D eigenvalue weighted by Gasteiger charge is 2.16. The molecule has 0 bridgehead atoms. The predicted molar refractivity (Wildman–Crippen MR) is 133 cm³/mol. The lowest BCUT2D eigenvalue weighted by Crippen LogP contribution is -2.24. The molecule has 0 fully saturated rings. The summed E-state index contributed by atoms with van der Waals surface area (Å²) in [5.41, 5.74) is 2.36. The maximum Gasteiger partial charge on any atom is 0.344 e. The Labute approximate surface area is 196 Å². The van der Waals surface area contributed by atoms with Crippen molar-refractivity contribution in [3.8, 4) is 17.1 Å². The number of para-hydroxylation sites is 1. The van der Waals surface area contributed by atoms with Crippen LogP contribution >= 0.6 is 0 Å². The van der Waals surface area contributed by atoms with E-state index in [9.17, 15) is 14.7 Å². The minimum Gasteiger partial charge on any atom is -0.479 e. The lowest BCUT2D eigenvalue weighted by atomic mass is 10.2. The van der Waals surface area contributed by atoms with E-state index in [1.54, 1.807) is 30.3 Å². The minimum absolute atomic E-state index is 0.313. The number of aromatic nitrogens is 2. The minimum atomic E-state index is -1.08. The van der Waals surface area contributed by atoms with E-state index in [1.165, 1.54) is 17.8 Å². The molecule has 8 nitrogen and oxygen atoms in total. The molecule has 0 saturated carbocycles. The van der Waals surface area contributed by atoms with Crippen molar-refractivity contribution in [2.45, 2.75) is 13.0 Å². The number of anilines is 1. The molecular weight excluding hydrogens is 432 g/mol. The fraction of sp³-hybridized carbons (Fsp3) is 0.154. The Bertz CT molecular complexity index is 1430. The van der Waals surface area contributed by atoms with Gasteiger partial charge in [-0.2, -0.15) is 9.78 Å². The molecule has 1 atom stereocenters. The fourth-order valence-electron chi connectivity index (χ4n) is 3.38. The van der Waals surface area contributed by atoms with Crippen molar-refractivity contribution < 1.29 is 14.6 Å². The summed E-state index contributed by atoms with van der Waals surface area (Å²) in [6, 6.07) is 21.8. The zero-order chi connectivity index (χ0) is 24.2. The third-order valence-electron chi connectivity index (χ3n) is 5.26. The number of hydrogen-bond acceptors (Lipinski definition) is 6. The van der Waals surface area contributed by atoms with Crippen LogP contribution in [-0.4, -0.2) is 47.1 Å². The van der Waals surface area contributed by atoms with Gasteiger partial charge in [-0.05, 0) is 31.2 Å². The lowest BCUT2D eigenvalue weighted by Gasteiger charge is -2.17. The molecule has 172 valence electrons. The Morgan fingerprint density at radius 2 is 1.79 bits per heavy atom. The van der Waals surface area contributed by atoms with E-state index in [0.717, 1.165) is 11.3 Å². The number of benzene rings is 3. The van der Waals surface area contributed by atoms with Gasteiger partial charge in [0, 0.05) is 37.0 Å². The van der Waals surface area contributed by atoms with E-state index >= 15 is 0 Å². The number of nitrogens with zero attached hydrogens (tertiary/aromatic N) is 4. The van der Waals surface area contributed by atoms with Crippen LogP contribution in [-0.2, 0) is 4.79 Å². The molecule has 8 heteroatoms. The summed E-state index contributed by atoms with van der Waals surface area (Å²) in [7, 11) is 3.75. The van der Waals surface area contributed by atoms with E-state index < -0.39 is 12.1 Å². The summed E-state index contributed by atoms with van der Waals surface area (Å²) in [6.45, 7) is 1.46. The Morgan fingerprint density at radius 3 is 2.50 bits per heavy atom. The second-order valence-corrected chi connectivity index (χ2v) is 7.89. The smallest absolute Gasteiger partial charge is 0.344 e. The maximum atomic E-state index is 13.3. The van der Waals surface area contributed by atoms with Gasteiger partial charge in [-0.3, -0.25) is 4.79 Å². The van der Waals surface area contributed by atoms with Crippen molar-refractivity contribution in [3.63, 3.8) is 0 Å². The van der Waals surface area contributed by atoms with Crippen molar-refractivity contribution in [2.24, 2.45) is 5.10 Å². The Hall–Kier alpha value is -4.46. The topological polar surface area (TPSA) is 97.0 Å². The number of carboxylic acid groups (broad SMARTS) is 1. The largest absolute Gasteiger partial charge is 0.479 e. The third kappa shape index (κ3) is 4.66. The summed E-state index contributed by atoms with van der Waals surface area (Å²) in [6.07, 6.45) is 0.419. The molecule has 3 aromatic carbocycles. The van der Waals surface area contributed by atoms with Gasteiger partial charge in [-0.15, -0.1) is 0 Å². The zero-order valence-corrected chi connectivity index (χ0v) is 19.0. The third-order valence-corrected chi connectivity index (χ3v) is 5.26. The molecule has 0 spiro atoms. The van der Waals surface area contributed by atoms with E-state index in [-0.39, 0.29) is 5.56 Å². The van der Waals surface area contributed by atoms with E-state index in [4.69, 9.17) is 4.74 Å². The average Bonchev–Trinajstić information content (AvgIpc) is 2.84. The van der Waals surface area contributed by atoms with Crippen LogP contribution in [0.2, 0.25) is 0 Å². The highest BCUT2D eigenvalue weighted by molar-refractivity contribution is 5.86. The molecule has 0 aliphatic rings. The first-order valence-corrected chi connectivity index (χ1v) is 10.7.